The van der Waals surface area contributed by atoms with Crippen LogP contribution in [0.3, 0.4) is 0 Å². The Hall–Kier alpha value is -4.61. The lowest BCUT2D eigenvalue weighted by molar-refractivity contribution is -0.383. The van der Waals surface area contributed by atoms with Crippen LogP contribution in [0.2, 0.25) is 0 Å². The maximum atomic E-state index is 12.2. The molecule has 0 saturated heterocycles. The average Bonchev–Trinajstić information content (AvgIpc) is 2.76. The summed E-state index contributed by atoms with van der Waals surface area (Å²) in [7, 11) is 0. The Bertz CT molecular complexity index is 1070. The highest BCUT2D eigenvalue weighted by Crippen LogP contribution is 2.27. The predicted octanol–water partition coefficient (Wildman–Crippen LogP) is 1.60. The van der Waals surface area contributed by atoms with Gasteiger partial charge < -0.3 is 0 Å². The summed E-state index contributed by atoms with van der Waals surface area (Å²) in [5.41, 5.74) is 10.5. The second-order valence-corrected chi connectivity index (χ2v) is 5.94. The first-order valence-corrected chi connectivity index (χ1v) is 8.54. The molecule has 30 heavy (non-hydrogen) atoms. The zero-order valence-electron chi connectivity index (χ0n) is 15.6. The van der Waals surface area contributed by atoms with Crippen LogP contribution < -0.4 is 21.7 Å². The predicted molar refractivity (Wildman–Crippen MR) is 106 cm³/mol. The molecule has 0 aliphatic rings. The number of hydrazine groups is 2. The van der Waals surface area contributed by atoms with Crippen molar-refractivity contribution in [3.8, 4) is 0 Å². The summed E-state index contributed by atoms with van der Waals surface area (Å²) in [6.07, 6.45) is 3.90. The molecule has 0 atom stereocenters. The molecule has 0 aliphatic carbocycles. The minimum Gasteiger partial charge on any atom is -0.276 e. The number of nitrogens with one attached hydrogen (secondary N) is 4. The molecule has 4 N–H and O–H groups in total. The zero-order chi connectivity index (χ0) is 21.5. The fraction of sp³-hybridized carbons (Fsp3) is 0.0556. The van der Waals surface area contributed by atoms with E-state index in [4.69, 9.17) is 0 Å². The van der Waals surface area contributed by atoms with E-state index in [2.05, 4.69) is 36.7 Å². The monoisotopic (exact) mass is 408 g/mol. The Morgan fingerprint density at radius 2 is 1.37 bits per heavy atom. The Morgan fingerprint density at radius 1 is 0.867 bits per heavy atom. The highest BCUT2D eigenvalue weighted by Gasteiger charge is 2.24. The number of nitrogens with zero attached hydrogens (tertiary/aromatic N) is 4. The van der Waals surface area contributed by atoms with E-state index in [-0.39, 0.29) is 17.2 Å². The normalized spacial score (nSPS) is 10.0. The SMILES string of the molecule is Cc1ccc(C(=O)NNc2ncnc(NNC(=O)c3ccncc3)c2[N+](=O)[O-])cc1. The van der Waals surface area contributed by atoms with Crippen molar-refractivity contribution >= 4 is 29.1 Å². The van der Waals surface area contributed by atoms with Crippen LogP contribution in [0.5, 0.6) is 0 Å². The molecule has 2 heterocycles. The molecule has 12 heteroatoms. The molecule has 0 unspecified atom stereocenters. The number of aryl methyl sites for hydroxylation is 1. The van der Waals surface area contributed by atoms with Gasteiger partial charge in [0.25, 0.3) is 11.8 Å². The number of benzene rings is 1. The number of hydrogen-bond donors (Lipinski definition) is 4. The van der Waals surface area contributed by atoms with Gasteiger partial charge in [-0.15, -0.1) is 0 Å². The van der Waals surface area contributed by atoms with Crippen molar-refractivity contribution in [3.05, 3.63) is 81.9 Å². The highest BCUT2D eigenvalue weighted by atomic mass is 16.6. The fourth-order valence-electron chi connectivity index (χ4n) is 2.32. The minimum absolute atomic E-state index is 0.267. The number of carbonyl (C=O) groups is 2. The largest absolute Gasteiger partial charge is 0.356 e. The molecule has 0 fully saturated rings. The summed E-state index contributed by atoms with van der Waals surface area (Å²) in [6.45, 7) is 1.88. The van der Waals surface area contributed by atoms with Crippen LogP contribution in [-0.4, -0.2) is 31.7 Å². The fourth-order valence-corrected chi connectivity index (χ4v) is 2.32. The lowest BCUT2D eigenvalue weighted by Crippen LogP contribution is -2.32. The summed E-state index contributed by atoms with van der Waals surface area (Å²) in [6, 6.07) is 9.69. The molecule has 3 rings (SSSR count). The van der Waals surface area contributed by atoms with Crippen molar-refractivity contribution in [1.82, 2.24) is 25.8 Å². The van der Waals surface area contributed by atoms with Crippen molar-refractivity contribution in [3.63, 3.8) is 0 Å². The van der Waals surface area contributed by atoms with Crippen molar-refractivity contribution in [2.75, 3.05) is 10.9 Å². The van der Waals surface area contributed by atoms with Crippen LogP contribution in [0.1, 0.15) is 26.3 Å². The van der Waals surface area contributed by atoms with E-state index in [1.54, 1.807) is 24.3 Å². The molecular weight excluding hydrogens is 392 g/mol. The first-order valence-electron chi connectivity index (χ1n) is 8.54. The Morgan fingerprint density at radius 3 is 1.87 bits per heavy atom. The molecule has 0 aliphatic heterocycles. The van der Waals surface area contributed by atoms with Gasteiger partial charge in [0.1, 0.15) is 6.33 Å². The third kappa shape index (κ3) is 4.81. The van der Waals surface area contributed by atoms with Crippen molar-refractivity contribution < 1.29 is 14.5 Å². The third-order valence-corrected chi connectivity index (χ3v) is 3.85. The summed E-state index contributed by atoms with van der Waals surface area (Å²) in [5, 5.41) is 11.5. The first-order chi connectivity index (χ1) is 14.5. The molecule has 152 valence electrons. The van der Waals surface area contributed by atoms with Crippen molar-refractivity contribution in [1.29, 1.82) is 0 Å². The number of rotatable bonds is 7. The van der Waals surface area contributed by atoms with Crippen molar-refractivity contribution in [2.24, 2.45) is 0 Å². The Kier molecular flexibility index (Phi) is 6.08. The molecular formula is C18H16N8O4. The van der Waals surface area contributed by atoms with Gasteiger partial charge in [-0.3, -0.25) is 46.4 Å². The van der Waals surface area contributed by atoms with E-state index in [0.717, 1.165) is 11.9 Å². The average molecular weight is 408 g/mol. The maximum absolute atomic E-state index is 12.2. The third-order valence-electron chi connectivity index (χ3n) is 3.85. The number of anilines is 2. The van der Waals surface area contributed by atoms with E-state index in [0.29, 0.717) is 5.56 Å². The topological polar surface area (TPSA) is 164 Å². The molecule has 0 bridgehead atoms. The van der Waals surface area contributed by atoms with Gasteiger partial charge in [-0.2, -0.15) is 0 Å². The number of pyridine rings is 1. The number of aromatic nitrogens is 3. The smallest absolute Gasteiger partial charge is 0.276 e. The maximum Gasteiger partial charge on any atom is 0.356 e. The summed E-state index contributed by atoms with van der Waals surface area (Å²) >= 11 is 0. The first kappa shape index (κ1) is 20.1. The van der Waals surface area contributed by atoms with Gasteiger partial charge in [0.15, 0.2) is 0 Å². The van der Waals surface area contributed by atoms with Gasteiger partial charge >= 0.3 is 5.69 Å². The summed E-state index contributed by atoms with van der Waals surface area (Å²) in [5.74, 6) is -1.60. The molecule has 1 aromatic carbocycles. The van der Waals surface area contributed by atoms with Crippen molar-refractivity contribution in [2.45, 2.75) is 6.92 Å². The zero-order valence-corrected chi connectivity index (χ0v) is 15.6. The van der Waals surface area contributed by atoms with Crippen LogP contribution >= 0.6 is 0 Å². The minimum atomic E-state index is -0.749. The number of hydrogen-bond acceptors (Lipinski definition) is 9. The Balaban J connectivity index is 1.72. The highest BCUT2D eigenvalue weighted by molar-refractivity contribution is 5.96. The van der Waals surface area contributed by atoms with Crippen LogP contribution in [0.15, 0.2) is 55.1 Å². The molecule has 0 spiro atoms. The van der Waals surface area contributed by atoms with Gasteiger partial charge in [0, 0.05) is 23.5 Å². The van der Waals surface area contributed by atoms with E-state index in [1.165, 1.54) is 24.5 Å². The van der Waals surface area contributed by atoms with E-state index < -0.39 is 22.4 Å². The lowest BCUT2D eigenvalue weighted by Gasteiger charge is -2.11. The second-order valence-electron chi connectivity index (χ2n) is 5.94. The van der Waals surface area contributed by atoms with Crippen LogP contribution in [0.25, 0.3) is 0 Å². The van der Waals surface area contributed by atoms with E-state index in [1.807, 2.05) is 6.92 Å². The molecule has 2 aromatic heterocycles. The van der Waals surface area contributed by atoms with E-state index >= 15 is 0 Å². The second kappa shape index (κ2) is 9.05. The van der Waals surface area contributed by atoms with Gasteiger partial charge in [-0.05, 0) is 31.2 Å². The number of carbonyl (C=O) groups excluding carboxylic acids is 2. The standard InChI is InChI=1S/C18H16N8O4/c1-11-2-4-12(5-3-11)17(27)24-22-15-14(26(29)30)16(21-10-20-15)23-25-18(28)13-6-8-19-9-7-13/h2-10H,1H3,(H,24,27)(H,25,28)(H2,20,21,22,23). The molecule has 3 aromatic rings. The molecule has 12 nitrogen and oxygen atoms in total. The van der Waals surface area contributed by atoms with Crippen LogP contribution in [0, 0.1) is 17.0 Å². The van der Waals surface area contributed by atoms with Crippen LogP contribution in [-0.2, 0) is 0 Å². The molecule has 2 amide bonds. The van der Waals surface area contributed by atoms with Crippen LogP contribution in [0.4, 0.5) is 17.3 Å². The van der Waals surface area contributed by atoms with Gasteiger partial charge in [-0.1, -0.05) is 17.7 Å². The van der Waals surface area contributed by atoms with E-state index in [9.17, 15) is 19.7 Å². The molecule has 0 saturated carbocycles. The summed E-state index contributed by atoms with van der Waals surface area (Å²) < 4.78 is 0. The van der Waals surface area contributed by atoms with Gasteiger partial charge in [-0.25, -0.2) is 9.97 Å². The number of amides is 2. The Labute approximate surface area is 169 Å². The summed E-state index contributed by atoms with van der Waals surface area (Å²) in [4.78, 5) is 46.4. The quantitative estimate of drug-likeness (QED) is 0.336. The van der Waals surface area contributed by atoms with Gasteiger partial charge in [0.2, 0.25) is 11.6 Å². The number of nitro groups is 1. The molecule has 0 radical (unpaired) electrons. The van der Waals surface area contributed by atoms with Gasteiger partial charge in [0.05, 0.1) is 4.92 Å². The lowest BCUT2D eigenvalue weighted by atomic mass is 10.1.